The van der Waals surface area contributed by atoms with E-state index in [1.165, 1.54) is 0 Å². The lowest BCUT2D eigenvalue weighted by molar-refractivity contribution is 0.439. The molecule has 0 radical (unpaired) electrons. The van der Waals surface area contributed by atoms with Gasteiger partial charge >= 0.3 is 4.87 Å². The van der Waals surface area contributed by atoms with Crippen molar-refractivity contribution in [1.29, 1.82) is 0 Å². The first-order valence-corrected chi connectivity index (χ1v) is 9.56. The van der Waals surface area contributed by atoms with Gasteiger partial charge in [0, 0.05) is 11.6 Å². The number of fused-ring (bicyclic) bond motifs is 1. The maximum Gasteiger partial charge on any atom is 0.308 e. The molecule has 5 nitrogen and oxygen atoms in total. The molecule has 0 bridgehead atoms. The van der Waals surface area contributed by atoms with Gasteiger partial charge in [-0.2, -0.15) is 0 Å². The zero-order chi connectivity index (χ0) is 16.7. The van der Waals surface area contributed by atoms with E-state index in [1.807, 2.05) is 34.6 Å². The second-order valence-corrected chi connectivity index (χ2v) is 8.98. The first kappa shape index (κ1) is 17.2. The molecule has 0 unspecified atom stereocenters. The Kier molecular flexibility index (Phi) is 4.52. The average molecular weight is 342 g/mol. The zero-order valence-corrected chi connectivity index (χ0v) is 15.1. The average Bonchev–Trinajstić information content (AvgIpc) is 2.72. The fourth-order valence-corrected chi connectivity index (χ4v) is 4.80. The van der Waals surface area contributed by atoms with Gasteiger partial charge in [-0.3, -0.25) is 9.36 Å². The molecule has 0 atom stereocenters. The first-order chi connectivity index (χ1) is 10.1. The minimum absolute atomic E-state index is 0.0425. The van der Waals surface area contributed by atoms with Gasteiger partial charge in [-0.25, -0.2) is 13.1 Å². The topological polar surface area (TPSA) is 68.2 Å². The van der Waals surface area contributed by atoms with Crippen LogP contribution in [0.1, 0.15) is 47.1 Å². The van der Waals surface area contributed by atoms with E-state index >= 15 is 0 Å². The van der Waals surface area contributed by atoms with Gasteiger partial charge < -0.3 is 0 Å². The maximum absolute atomic E-state index is 12.5. The molecular formula is C15H22N2O3S2. The van der Waals surface area contributed by atoms with Gasteiger partial charge in [0.25, 0.3) is 0 Å². The largest absolute Gasteiger partial charge is 0.308 e. The van der Waals surface area contributed by atoms with Gasteiger partial charge in [-0.1, -0.05) is 18.3 Å². The molecule has 0 amide bonds. The summed E-state index contributed by atoms with van der Waals surface area (Å²) in [6.45, 7) is 9.49. The van der Waals surface area contributed by atoms with Crippen LogP contribution in [0.25, 0.3) is 10.2 Å². The fraction of sp³-hybridized carbons (Fsp3) is 0.533. The van der Waals surface area contributed by atoms with Gasteiger partial charge in [0.2, 0.25) is 10.0 Å². The Hall–Kier alpha value is -1.18. The minimum Gasteiger partial charge on any atom is -0.296 e. The summed E-state index contributed by atoms with van der Waals surface area (Å²) in [7, 11) is -3.60. The Morgan fingerprint density at radius 1 is 1.32 bits per heavy atom. The van der Waals surface area contributed by atoms with Gasteiger partial charge in [0.1, 0.15) is 0 Å². The number of hydrogen-bond acceptors (Lipinski definition) is 4. The predicted molar refractivity (Wildman–Crippen MR) is 91.2 cm³/mol. The molecule has 2 rings (SSSR count). The number of nitrogens with zero attached hydrogens (tertiary/aromatic N) is 1. The van der Waals surface area contributed by atoms with Crippen LogP contribution in [0.3, 0.4) is 0 Å². The Morgan fingerprint density at radius 2 is 1.95 bits per heavy atom. The van der Waals surface area contributed by atoms with Crippen molar-refractivity contribution in [3.05, 3.63) is 27.9 Å². The van der Waals surface area contributed by atoms with Gasteiger partial charge in [0.05, 0.1) is 15.1 Å². The second-order valence-electron chi connectivity index (χ2n) is 6.30. The van der Waals surface area contributed by atoms with Crippen molar-refractivity contribution in [2.45, 2.75) is 57.5 Å². The van der Waals surface area contributed by atoms with Crippen LogP contribution in [0.5, 0.6) is 0 Å². The normalized spacial score (nSPS) is 13.2. The highest BCUT2D eigenvalue weighted by Crippen LogP contribution is 2.25. The van der Waals surface area contributed by atoms with E-state index in [4.69, 9.17) is 0 Å². The van der Waals surface area contributed by atoms with Gasteiger partial charge in [-0.05, 0) is 52.3 Å². The molecule has 0 saturated heterocycles. The van der Waals surface area contributed by atoms with Crippen LogP contribution in [-0.2, 0) is 10.0 Å². The summed E-state index contributed by atoms with van der Waals surface area (Å²) in [6.07, 6.45) is 0.686. The molecule has 0 spiro atoms. The number of aromatic nitrogens is 1. The van der Waals surface area contributed by atoms with Crippen LogP contribution in [0.4, 0.5) is 0 Å². The van der Waals surface area contributed by atoms with Crippen LogP contribution in [-0.4, -0.2) is 18.5 Å². The van der Waals surface area contributed by atoms with E-state index in [0.29, 0.717) is 11.1 Å². The molecule has 122 valence electrons. The van der Waals surface area contributed by atoms with Crippen LogP contribution in [0.2, 0.25) is 0 Å². The molecule has 1 aromatic carbocycles. The summed E-state index contributed by atoms with van der Waals surface area (Å²) in [4.78, 5) is 12.2. The highest BCUT2D eigenvalue weighted by atomic mass is 32.2. The van der Waals surface area contributed by atoms with E-state index in [1.54, 1.807) is 22.8 Å². The zero-order valence-electron chi connectivity index (χ0n) is 13.5. The lowest BCUT2D eigenvalue weighted by Gasteiger charge is -2.24. The predicted octanol–water partition coefficient (Wildman–Crippen LogP) is 3.11. The molecule has 0 aliphatic rings. The smallest absolute Gasteiger partial charge is 0.296 e. The Bertz CT molecular complexity index is 845. The maximum atomic E-state index is 12.5. The fourth-order valence-electron chi connectivity index (χ4n) is 2.17. The number of nitrogens with one attached hydrogen (secondary N) is 1. The molecule has 0 fully saturated rings. The third-order valence-electron chi connectivity index (χ3n) is 3.71. The van der Waals surface area contributed by atoms with Crippen molar-refractivity contribution in [2.24, 2.45) is 0 Å². The number of thiazole rings is 1. The standard InChI is InChI=1S/C15H22N2O3S2/c1-6-15(4,5)16-22(19,20)11-7-8-12-13(9-11)21-14(18)17(12)10(2)3/h7-10,16H,6H2,1-5H3. The molecule has 22 heavy (non-hydrogen) atoms. The van der Waals surface area contributed by atoms with Gasteiger partial charge in [0.15, 0.2) is 0 Å². The molecule has 0 saturated carbocycles. The molecule has 1 aromatic heterocycles. The van der Waals surface area contributed by atoms with E-state index in [0.717, 1.165) is 16.9 Å². The Balaban J connectivity index is 2.53. The molecule has 0 aliphatic heterocycles. The SMILES string of the molecule is CCC(C)(C)NS(=O)(=O)c1ccc2c(c1)sc(=O)n2C(C)C. The van der Waals surface area contributed by atoms with Crippen LogP contribution in [0.15, 0.2) is 27.9 Å². The van der Waals surface area contributed by atoms with Crippen LogP contribution < -0.4 is 9.60 Å². The first-order valence-electron chi connectivity index (χ1n) is 7.26. The minimum atomic E-state index is -3.60. The highest BCUT2D eigenvalue weighted by molar-refractivity contribution is 7.89. The van der Waals surface area contributed by atoms with Crippen molar-refractivity contribution < 1.29 is 8.42 Å². The highest BCUT2D eigenvalue weighted by Gasteiger charge is 2.25. The molecule has 2 aromatic rings. The third-order valence-corrected chi connectivity index (χ3v) is 6.32. The number of rotatable bonds is 5. The third kappa shape index (κ3) is 3.26. The van der Waals surface area contributed by atoms with Crippen molar-refractivity contribution in [3.8, 4) is 0 Å². The summed E-state index contributed by atoms with van der Waals surface area (Å²) < 4.78 is 30.0. The Morgan fingerprint density at radius 3 is 2.50 bits per heavy atom. The summed E-state index contributed by atoms with van der Waals surface area (Å²) in [5, 5.41) is 0. The summed E-state index contributed by atoms with van der Waals surface area (Å²) in [5.74, 6) is 0. The molecule has 0 aliphatic carbocycles. The summed E-state index contributed by atoms with van der Waals surface area (Å²) >= 11 is 1.08. The van der Waals surface area contributed by atoms with E-state index in [2.05, 4.69) is 4.72 Å². The molecule has 1 N–H and O–H groups in total. The van der Waals surface area contributed by atoms with E-state index < -0.39 is 15.6 Å². The Labute approximate surface area is 135 Å². The number of hydrogen-bond donors (Lipinski definition) is 1. The number of benzene rings is 1. The lowest BCUT2D eigenvalue weighted by Crippen LogP contribution is -2.42. The van der Waals surface area contributed by atoms with Crippen molar-refractivity contribution in [3.63, 3.8) is 0 Å². The monoisotopic (exact) mass is 342 g/mol. The van der Waals surface area contributed by atoms with Crippen LogP contribution >= 0.6 is 11.3 Å². The van der Waals surface area contributed by atoms with E-state index in [9.17, 15) is 13.2 Å². The van der Waals surface area contributed by atoms with E-state index in [-0.39, 0.29) is 15.8 Å². The number of sulfonamides is 1. The van der Waals surface area contributed by atoms with Crippen molar-refractivity contribution in [1.82, 2.24) is 9.29 Å². The second kappa shape index (κ2) is 5.79. The van der Waals surface area contributed by atoms with Gasteiger partial charge in [-0.15, -0.1) is 0 Å². The molecule has 1 heterocycles. The quantitative estimate of drug-likeness (QED) is 0.908. The molecule has 7 heteroatoms. The summed E-state index contributed by atoms with van der Waals surface area (Å²) in [5.41, 5.74) is 0.267. The van der Waals surface area contributed by atoms with Crippen molar-refractivity contribution >= 4 is 31.6 Å². The molecular weight excluding hydrogens is 320 g/mol. The lowest BCUT2D eigenvalue weighted by atomic mass is 10.0. The van der Waals surface area contributed by atoms with Crippen LogP contribution in [0, 0.1) is 0 Å². The van der Waals surface area contributed by atoms with Crippen molar-refractivity contribution in [2.75, 3.05) is 0 Å². The summed E-state index contributed by atoms with van der Waals surface area (Å²) in [6, 6.07) is 4.89.